The van der Waals surface area contributed by atoms with Crippen molar-refractivity contribution in [1.82, 2.24) is 10.5 Å². The molecule has 2 atom stereocenters. The summed E-state index contributed by atoms with van der Waals surface area (Å²) in [5, 5.41) is 7.43. The number of nitrogens with zero attached hydrogens (tertiary/aromatic N) is 3. The first-order chi connectivity index (χ1) is 12.5. The number of amides is 1. The van der Waals surface area contributed by atoms with Crippen LogP contribution in [0.2, 0.25) is 0 Å². The summed E-state index contributed by atoms with van der Waals surface area (Å²) in [5.74, 6) is 0. The third kappa shape index (κ3) is 3.93. The SMILES string of the molecule is O=C(OCc1ccccc1)N1NN=NC(c2ccccc2)C1C(F)(F)F. The molecule has 0 bridgehead atoms. The number of hydrogen-bond donors (Lipinski definition) is 1. The average molecular weight is 364 g/mol. The Morgan fingerprint density at radius 1 is 1.08 bits per heavy atom. The highest BCUT2D eigenvalue weighted by Gasteiger charge is 2.53. The zero-order chi connectivity index (χ0) is 18.6. The van der Waals surface area contributed by atoms with E-state index in [1.807, 2.05) is 5.53 Å². The van der Waals surface area contributed by atoms with E-state index in [4.69, 9.17) is 4.74 Å². The summed E-state index contributed by atoms with van der Waals surface area (Å²) in [4.78, 5) is 12.2. The van der Waals surface area contributed by atoms with Gasteiger partial charge in [-0.15, -0.1) is 0 Å². The maximum absolute atomic E-state index is 13.7. The second kappa shape index (κ2) is 7.42. The van der Waals surface area contributed by atoms with Crippen LogP contribution in [0.25, 0.3) is 0 Å². The summed E-state index contributed by atoms with van der Waals surface area (Å²) in [6, 6.07) is 12.9. The van der Waals surface area contributed by atoms with Crippen molar-refractivity contribution in [3.63, 3.8) is 0 Å². The summed E-state index contributed by atoms with van der Waals surface area (Å²) in [7, 11) is 0. The molecule has 6 nitrogen and oxygen atoms in total. The summed E-state index contributed by atoms with van der Waals surface area (Å²) in [6.07, 6.45) is -5.92. The lowest BCUT2D eigenvalue weighted by molar-refractivity contribution is -0.197. The van der Waals surface area contributed by atoms with E-state index in [1.54, 1.807) is 48.5 Å². The molecule has 1 aliphatic rings. The van der Waals surface area contributed by atoms with Gasteiger partial charge < -0.3 is 4.74 Å². The van der Waals surface area contributed by atoms with Gasteiger partial charge in [-0.05, 0) is 11.1 Å². The Balaban J connectivity index is 1.81. The third-order valence-electron chi connectivity index (χ3n) is 3.79. The van der Waals surface area contributed by atoms with Crippen molar-refractivity contribution in [2.24, 2.45) is 10.3 Å². The van der Waals surface area contributed by atoms with Gasteiger partial charge in [0.1, 0.15) is 12.6 Å². The fraction of sp³-hybridized carbons (Fsp3) is 0.235. The molecule has 26 heavy (non-hydrogen) atoms. The zero-order valence-corrected chi connectivity index (χ0v) is 13.4. The van der Waals surface area contributed by atoms with Crippen molar-refractivity contribution in [3.8, 4) is 0 Å². The Morgan fingerprint density at radius 2 is 1.69 bits per heavy atom. The third-order valence-corrected chi connectivity index (χ3v) is 3.79. The molecule has 1 N–H and O–H groups in total. The number of halogens is 3. The van der Waals surface area contributed by atoms with Crippen LogP contribution in [0, 0.1) is 0 Å². The molecule has 1 aliphatic heterocycles. The summed E-state index contributed by atoms with van der Waals surface area (Å²) < 4.78 is 46.0. The van der Waals surface area contributed by atoms with Gasteiger partial charge in [-0.1, -0.05) is 65.9 Å². The van der Waals surface area contributed by atoms with E-state index in [0.717, 1.165) is 0 Å². The molecule has 2 aromatic carbocycles. The molecule has 0 fully saturated rings. The number of nitrogens with one attached hydrogen (secondary N) is 1. The minimum absolute atomic E-state index is 0.157. The van der Waals surface area contributed by atoms with Crippen LogP contribution in [0.5, 0.6) is 0 Å². The molecule has 0 aliphatic carbocycles. The van der Waals surface area contributed by atoms with Gasteiger partial charge in [0.25, 0.3) is 0 Å². The molecule has 1 amide bonds. The standard InChI is InChI=1S/C17H15F3N4O2/c18-17(19,20)15-14(13-9-5-2-6-10-13)21-22-23-24(15)16(25)26-11-12-7-3-1-4-8-12/h1-10,14-15H,11H2,(H,21,23). The van der Waals surface area contributed by atoms with Crippen LogP contribution in [0.3, 0.4) is 0 Å². The molecule has 0 aromatic heterocycles. The van der Waals surface area contributed by atoms with Gasteiger partial charge in [-0.3, -0.25) is 0 Å². The van der Waals surface area contributed by atoms with Crippen LogP contribution in [0.4, 0.5) is 18.0 Å². The monoisotopic (exact) mass is 364 g/mol. The predicted octanol–water partition coefficient (Wildman–Crippen LogP) is 4.18. The van der Waals surface area contributed by atoms with Crippen LogP contribution in [-0.4, -0.2) is 23.3 Å². The largest absolute Gasteiger partial charge is 0.443 e. The lowest BCUT2D eigenvalue weighted by Gasteiger charge is -2.36. The minimum atomic E-state index is -4.74. The van der Waals surface area contributed by atoms with Gasteiger partial charge in [0.2, 0.25) is 0 Å². The van der Waals surface area contributed by atoms with E-state index in [9.17, 15) is 18.0 Å². The first-order valence-corrected chi connectivity index (χ1v) is 7.74. The van der Waals surface area contributed by atoms with Crippen molar-refractivity contribution in [3.05, 3.63) is 71.8 Å². The number of hydrogen-bond acceptors (Lipinski definition) is 5. The highest BCUT2D eigenvalue weighted by molar-refractivity contribution is 5.68. The van der Waals surface area contributed by atoms with Gasteiger partial charge in [-0.25, -0.2) is 4.79 Å². The molecule has 9 heteroatoms. The van der Waals surface area contributed by atoms with Crippen molar-refractivity contribution in [2.45, 2.75) is 24.9 Å². The minimum Gasteiger partial charge on any atom is -0.443 e. The smallest absolute Gasteiger partial charge is 0.430 e. The van der Waals surface area contributed by atoms with E-state index in [1.165, 1.54) is 12.1 Å². The number of carbonyl (C=O) groups is 1. The van der Waals surface area contributed by atoms with E-state index in [2.05, 4.69) is 10.3 Å². The molecule has 2 aromatic rings. The molecule has 1 heterocycles. The van der Waals surface area contributed by atoms with E-state index in [0.29, 0.717) is 16.1 Å². The second-order valence-electron chi connectivity index (χ2n) is 5.57. The van der Waals surface area contributed by atoms with Gasteiger partial charge in [-0.2, -0.15) is 28.8 Å². The maximum Gasteiger partial charge on any atom is 0.430 e. The quantitative estimate of drug-likeness (QED) is 0.888. The lowest BCUT2D eigenvalue weighted by atomic mass is 9.99. The van der Waals surface area contributed by atoms with Crippen LogP contribution in [-0.2, 0) is 11.3 Å². The molecular formula is C17H15F3N4O2. The Bertz CT molecular complexity index is 769. The predicted molar refractivity (Wildman–Crippen MR) is 85.5 cm³/mol. The maximum atomic E-state index is 13.7. The normalized spacial score (nSPS) is 19.7. The van der Waals surface area contributed by atoms with Crippen LogP contribution >= 0.6 is 0 Å². The van der Waals surface area contributed by atoms with E-state index in [-0.39, 0.29) is 6.61 Å². The first-order valence-electron chi connectivity index (χ1n) is 7.74. The number of benzene rings is 2. The van der Waals surface area contributed by atoms with Gasteiger partial charge in [0.15, 0.2) is 6.04 Å². The van der Waals surface area contributed by atoms with Crippen molar-refractivity contribution in [1.29, 1.82) is 0 Å². The van der Waals surface area contributed by atoms with Gasteiger partial charge >= 0.3 is 12.3 Å². The fourth-order valence-electron chi connectivity index (χ4n) is 2.57. The van der Waals surface area contributed by atoms with Crippen LogP contribution < -0.4 is 5.53 Å². The van der Waals surface area contributed by atoms with Crippen molar-refractivity contribution in [2.75, 3.05) is 0 Å². The Kier molecular flexibility index (Phi) is 5.06. The Hall–Kier alpha value is -3.10. The average Bonchev–Trinajstić information content (AvgIpc) is 2.66. The first kappa shape index (κ1) is 17.7. The molecule has 3 rings (SSSR count). The highest BCUT2D eigenvalue weighted by atomic mass is 19.4. The topological polar surface area (TPSA) is 66.3 Å². The molecule has 136 valence electrons. The molecule has 0 radical (unpaired) electrons. The fourth-order valence-corrected chi connectivity index (χ4v) is 2.57. The Labute approximate surface area is 147 Å². The van der Waals surface area contributed by atoms with E-state index < -0.39 is 24.4 Å². The number of alkyl halides is 3. The summed E-state index contributed by atoms with van der Waals surface area (Å²) >= 11 is 0. The lowest BCUT2D eigenvalue weighted by Crippen LogP contribution is -2.58. The van der Waals surface area contributed by atoms with E-state index >= 15 is 0 Å². The molecule has 2 unspecified atom stereocenters. The molecule has 0 saturated heterocycles. The molecular weight excluding hydrogens is 349 g/mol. The van der Waals surface area contributed by atoms with Crippen molar-refractivity contribution < 1.29 is 22.7 Å². The number of carbonyl (C=O) groups excluding carboxylic acids is 1. The van der Waals surface area contributed by atoms with Crippen molar-refractivity contribution >= 4 is 6.09 Å². The molecule has 0 spiro atoms. The van der Waals surface area contributed by atoms with Crippen LogP contribution in [0.1, 0.15) is 17.2 Å². The zero-order valence-electron chi connectivity index (χ0n) is 13.4. The van der Waals surface area contributed by atoms with Gasteiger partial charge in [0.05, 0.1) is 0 Å². The number of ether oxygens (including phenoxy) is 1. The Morgan fingerprint density at radius 3 is 2.31 bits per heavy atom. The number of hydrazine groups is 1. The second-order valence-corrected chi connectivity index (χ2v) is 5.57. The summed E-state index contributed by atoms with van der Waals surface area (Å²) in [5.41, 5.74) is 2.96. The highest BCUT2D eigenvalue weighted by Crippen LogP contribution is 2.38. The van der Waals surface area contributed by atoms with Crippen LogP contribution in [0.15, 0.2) is 71.0 Å². The summed E-state index contributed by atoms with van der Waals surface area (Å²) in [6.45, 7) is -0.157. The number of rotatable bonds is 3. The molecule has 0 saturated carbocycles. The van der Waals surface area contributed by atoms with Gasteiger partial charge in [0, 0.05) is 0 Å².